The number of ether oxygens (including phenoxy) is 2. The van der Waals surface area contributed by atoms with Crippen molar-refractivity contribution in [1.82, 2.24) is 4.90 Å². The van der Waals surface area contributed by atoms with Crippen LogP contribution in [0.4, 0.5) is 0 Å². The van der Waals surface area contributed by atoms with Crippen molar-refractivity contribution in [2.24, 2.45) is 0 Å². The van der Waals surface area contributed by atoms with E-state index in [0.717, 1.165) is 17.1 Å². The molecule has 7 nitrogen and oxygen atoms in total. The van der Waals surface area contributed by atoms with Crippen LogP contribution in [0.2, 0.25) is 0 Å². The Balaban J connectivity index is 1.90. The zero-order valence-corrected chi connectivity index (χ0v) is 12.2. The molecule has 1 aromatic carbocycles. The Labute approximate surface area is 117 Å². The molecule has 1 heterocycles. The van der Waals surface area contributed by atoms with Gasteiger partial charge in [-0.3, -0.25) is 9.42 Å². The third-order valence-electron chi connectivity index (χ3n) is 3.15. The first-order valence-corrected chi connectivity index (χ1v) is 7.67. The van der Waals surface area contributed by atoms with Gasteiger partial charge in [0.1, 0.15) is 6.73 Å². The van der Waals surface area contributed by atoms with Crippen molar-refractivity contribution in [2.75, 3.05) is 20.6 Å². The predicted molar refractivity (Wildman–Crippen MR) is 71.5 cm³/mol. The number of fused-ring (bicyclic) bond motifs is 1. The molecule has 112 valence electrons. The van der Waals surface area contributed by atoms with Gasteiger partial charge in [0.25, 0.3) is 0 Å². The van der Waals surface area contributed by atoms with Crippen LogP contribution < -0.4 is 9.47 Å². The Bertz CT molecular complexity index is 517. The minimum Gasteiger partial charge on any atom is -0.454 e. The molecule has 20 heavy (non-hydrogen) atoms. The van der Waals surface area contributed by atoms with Gasteiger partial charge in [0.15, 0.2) is 11.5 Å². The summed E-state index contributed by atoms with van der Waals surface area (Å²) in [5.74, 6) is 1.46. The second kappa shape index (κ2) is 6.11. The summed E-state index contributed by atoms with van der Waals surface area (Å²) in [6.45, 7) is 2.06. The molecule has 1 atom stereocenters. The van der Waals surface area contributed by atoms with E-state index in [1.54, 1.807) is 11.9 Å². The number of rotatable bonds is 6. The maximum Gasteiger partial charge on any atom is 0.470 e. The van der Waals surface area contributed by atoms with E-state index in [1.165, 1.54) is 0 Å². The molecule has 1 aliphatic rings. The lowest BCUT2D eigenvalue weighted by Gasteiger charge is -2.24. The highest BCUT2D eigenvalue weighted by atomic mass is 31.2. The summed E-state index contributed by atoms with van der Waals surface area (Å²) in [7, 11) is -2.69. The molecular formula is C12H18NO6P. The Morgan fingerprint density at radius 2 is 2.10 bits per heavy atom. The third-order valence-corrected chi connectivity index (χ3v) is 3.60. The monoisotopic (exact) mass is 303 g/mol. The minimum absolute atomic E-state index is 0.0573. The molecule has 1 aliphatic heterocycles. The zero-order chi connectivity index (χ0) is 14.8. The Hall–Kier alpha value is -1.11. The van der Waals surface area contributed by atoms with E-state index >= 15 is 0 Å². The fourth-order valence-electron chi connectivity index (χ4n) is 1.86. The summed E-state index contributed by atoms with van der Waals surface area (Å²) in [5, 5.41) is 0. The van der Waals surface area contributed by atoms with Crippen LogP contribution in [0, 0.1) is 0 Å². The quantitative estimate of drug-likeness (QED) is 0.605. The number of nitrogens with zero attached hydrogens (tertiary/aromatic N) is 1. The summed E-state index contributed by atoms with van der Waals surface area (Å²) in [6.07, 6.45) is 0.706. The highest BCUT2D eigenvalue weighted by Gasteiger charge is 2.19. The Morgan fingerprint density at radius 3 is 2.80 bits per heavy atom. The number of benzene rings is 1. The van der Waals surface area contributed by atoms with E-state index in [9.17, 15) is 4.57 Å². The van der Waals surface area contributed by atoms with Crippen molar-refractivity contribution in [3.05, 3.63) is 23.8 Å². The van der Waals surface area contributed by atoms with Crippen LogP contribution in [0.5, 0.6) is 11.5 Å². The molecule has 0 unspecified atom stereocenters. The number of phosphoric acid groups is 1. The lowest BCUT2D eigenvalue weighted by atomic mass is 10.1. The highest BCUT2D eigenvalue weighted by Crippen LogP contribution is 2.36. The van der Waals surface area contributed by atoms with Crippen LogP contribution in [0.15, 0.2) is 18.2 Å². The third kappa shape index (κ3) is 4.19. The molecule has 0 bridgehead atoms. The fourth-order valence-corrected chi connectivity index (χ4v) is 2.19. The van der Waals surface area contributed by atoms with Crippen molar-refractivity contribution >= 4 is 7.82 Å². The lowest BCUT2D eigenvalue weighted by molar-refractivity contribution is 0.0857. The minimum atomic E-state index is -4.43. The summed E-state index contributed by atoms with van der Waals surface area (Å²) in [4.78, 5) is 19.1. The highest BCUT2D eigenvalue weighted by molar-refractivity contribution is 7.46. The van der Waals surface area contributed by atoms with Gasteiger partial charge >= 0.3 is 7.82 Å². The first-order valence-electron chi connectivity index (χ1n) is 6.14. The van der Waals surface area contributed by atoms with Crippen LogP contribution in [-0.4, -0.2) is 41.3 Å². The van der Waals surface area contributed by atoms with Gasteiger partial charge < -0.3 is 19.3 Å². The first kappa shape index (κ1) is 15.3. The standard InChI is InChI=1S/C12H18NO6P/c1-9(13(2)7-19-20(14,15)16)5-10-3-4-11-12(6-10)18-8-17-11/h3-4,6,9H,5,7-8H2,1-2H3,(H2,14,15,16)/t9-/m1/s1. The van der Waals surface area contributed by atoms with Crippen molar-refractivity contribution in [1.29, 1.82) is 0 Å². The molecule has 2 rings (SSSR count). The van der Waals surface area contributed by atoms with E-state index in [1.807, 2.05) is 25.1 Å². The van der Waals surface area contributed by atoms with E-state index in [2.05, 4.69) is 4.52 Å². The van der Waals surface area contributed by atoms with Crippen LogP contribution in [0.25, 0.3) is 0 Å². The fraction of sp³-hybridized carbons (Fsp3) is 0.500. The zero-order valence-electron chi connectivity index (χ0n) is 11.4. The number of phosphoric ester groups is 1. The van der Waals surface area contributed by atoms with E-state index in [4.69, 9.17) is 19.3 Å². The lowest BCUT2D eigenvalue weighted by Crippen LogP contribution is -2.32. The smallest absolute Gasteiger partial charge is 0.454 e. The molecule has 0 saturated heterocycles. The van der Waals surface area contributed by atoms with Crippen LogP contribution >= 0.6 is 7.82 Å². The average Bonchev–Trinajstić information content (AvgIpc) is 2.82. The molecule has 8 heteroatoms. The first-order chi connectivity index (χ1) is 9.35. The van der Waals surface area contributed by atoms with Gasteiger partial charge in [-0.05, 0) is 38.1 Å². The average molecular weight is 303 g/mol. The van der Waals surface area contributed by atoms with Crippen LogP contribution in [0.3, 0.4) is 0 Å². The number of hydrogen-bond donors (Lipinski definition) is 2. The Kier molecular flexibility index (Phi) is 4.67. The van der Waals surface area contributed by atoms with Gasteiger partial charge in [-0.1, -0.05) is 6.07 Å². The molecule has 0 saturated carbocycles. The van der Waals surface area contributed by atoms with Gasteiger partial charge in [-0.25, -0.2) is 4.57 Å². The summed E-state index contributed by atoms with van der Waals surface area (Å²) in [5.41, 5.74) is 1.06. The van der Waals surface area contributed by atoms with Gasteiger partial charge in [-0.15, -0.1) is 0 Å². The van der Waals surface area contributed by atoms with Crippen molar-refractivity contribution in [2.45, 2.75) is 19.4 Å². The van der Waals surface area contributed by atoms with E-state index in [0.29, 0.717) is 6.42 Å². The second-order valence-corrected chi connectivity index (χ2v) is 5.99. The largest absolute Gasteiger partial charge is 0.470 e. The van der Waals surface area contributed by atoms with Crippen LogP contribution in [-0.2, 0) is 15.5 Å². The SMILES string of the molecule is C[C@H](Cc1ccc2c(c1)OCO2)N(C)COP(=O)(O)O. The maximum absolute atomic E-state index is 10.7. The molecular weight excluding hydrogens is 285 g/mol. The van der Waals surface area contributed by atoms with Gasteiger partial charge in [-0.2, -0.15) is 0 Å². The number of likely N-dealkylation sites (N-methyl/N-ethyl adjacent to an activating group) is 1. The molecule has 0 spiro atoms. The summed E-state index contributed by atoms with van der Waals surface area (Å²) >= 11 is 0. The van der Waals surface area contributed by atoms with Crippen molar-refractivity contribution in [3.63, 3.8) is 0 Å². The topological polar surface area (TPSA) is 88.5 Å². The maximum atomic E-state index is 10.7. The van der Waals surface area contributed by atoms with E-state index < -0.39 is 7.82 Å². The van der Waals surface area contributed by atoms with Crippen molar-refractivity contribution in [3.8, 4) is 11.5 Å². The molecule has 0 fully saturated rings. The second-order valence-electron chi connectivity index (χ2n) is 4.75. The van der Waals surface area contributed by atoms with E-state index in [-0.39, 0.29) is 19.6 Å². The molecule has 1 aromatic rings. The summed E-state index contributed by atoms with van der Waals surface area (Å²) in [6, 6.07) is 5.77. The Morgan fingerprint density at radius 1 is 1.40 bits per heavy atom. The summed E-state index contributed by atoms with van der Waals surface area (Å²) < 4.78 is 25.7. The van der Waals surface area contributed by atoms with Crippen LogP contribution in [0.1, 0.15) is 12.5 Å². The van der Waals surface area contributed by atoms with Gasteiger partial charge in [0, 0.05) is 6.04 Å². The molecule has 0 amide bonds. The number of hydrogen-bond acceptors (Lipinski definition) is 5. The normalized spacial score (nSPS) is 15.7. The molecule has 0 aliphatic carbocycles. The van der Waals surface area contributed by atoms with Gasteiger partial charge in [0.05, 0.1) is 0 Å². The molecule has 0 aromatic heterocycles. The van der Waals surface area contributed by atoms with Gasteiger partial charge in [0.2, 0.25) is 6.79 Å². The van der Waals surface area contributed by atoms with Crippen molar-refractivity contribution < 1.29 is 28.3 Å². The molecule has 2 N–H and O–H groups in total. The molecule has 0 radical (unpaired) electrons. The predicted octanol–water partition coefficient (Wildman–Crippen LogP) is 1.34.